The van der Waals surface area contributed by atoms with E-state index >= 15 is 0 Å². The Bertz CT molecular complexity index is 880. The van der Waals surface area contributed by atoms with Crippen LogP contribution in [0, 0.1) is 11.5 Å². The molecule has 0 aliphatic heterocycles. The zero-order valence-corrected chi connectivity index (χ0v) is 16.5. The molecule has 0 saturated carbocycles. The average molecular weight is 395 g/mol. The summed E-state index contributed by atoms with van der Waals surface area (Å²) in [5, 5.41) is 11.5. The van der Waals surface area contributed by atoms with Gasteiger partial charge >= 0.3 is 6.09 Å². The first kappa shape index (κ1) is 19.8. The van der Waals surface area contributed by atoms with Gasteiger partial charge in [-0.1, -0.05) is 48.5 Å². The van der Waals surface area contributed by atoms with Gasteiger partial charge in [0.05, 0.1) is 0 Å². The number of carbonyl (C=O) groups excluding carboxylic acids is 2. The van der Waals surface area contributed by atoms with E-state index in [4.69, 9.17) is 10.00 Å². The van der Waals surface area contributed by atoms with Crippen molar-refractivity contribution in [2.45, 2.75) is 12.0 Å². The highest BCUT2D eigenvalue weighted by Crippen LogP contribution is 2.44. The Hall–Kier alpha value is -2.98. The third-order valence-electron chi connectivity index (χ3n) is 4.75. The van der Waals surface area contributed by atoms with Crippen molar-refractivity contribution < 1.29 is 14.3 Å². The van der Waals surface area contributed by atoms with Gasteiger partial charge in [-0.15, -0.1) is 0 Å². The molecule has 2 amide bonds. The molecule has 6 nitrogen and oxygen atoms in total. The fourth-order valence-corrected chi connectivity index (χ4v) is 3.97. The molecule has 28 heavy (non-hydrogen) atoms. The number of amides is 2. The number of ether oxygens (including phenoxy) is 1. The van der Waals surface area contributed by atoms with Gasteiger partial charge in [-0.2, -0.15) is 17.0 Å². The first-order chi connectivity index (χ1) is 13.6. The highest BCUT2D eigenvalue weighted by atomic mass is 32.2. The number of hydrogen-bond donors (Lipinski definition) is 1. The summed E-state index contributed by atoms with van der Waals surface area (Å²) in [4.78, 5) is 25.4. The normalized spacial score (nSPS) is 13.0. The van der Waals surface area contributed by atoms with Gasteiger partial charge in [0, 0.05) is 18.7 Å². The highest BCUT2D eigenvalue weighted by Gasteiger charge is 2.30. The molecule has 0 saturated heterocycles. The zero-order valence-electron chi connectivity index (χ0n) is 15.7. The molecule has 1 aliphatic carbocycles. The largest absolute Gasteiger partial charge is 0.449 e. The van der Waals surface area contributed by atoms with Crippen LogP contribution in [0.5, 0.6) is 0 Å². The molecular formula is C21H21N3O3S. The summed E-state index contributed by atoms with van der Waals surface area (Å²) in [5.74, 6) is -0.158. The molecule has 0 radical (unpaired) electrons. The molecule has 1 unspecified atom stereocenters. The Kier molecular flexibility index (Phi) is 6.22. The summed E-state index contributed by atoms with van der Waals surface area (Å²) in [5.41, 5.74) is 4.55. The van der Waals surface area contributed by atoms with Crippen LogP contribution in [0.2, 0.25) is 0 Å². The quantitative estimate of drug-likeness (QED) is 0.600. The van der Waals surface area contributed by atoms with Gasteiger partial charge in [-0.05, 0) is 28.5 Å². The lowest BCUT2D eigenvalue weighted by Gasteiger charge is -2.20. The van der Waals surface area contributed by atoms with Crippen molar-refractivity contribution in [3.05, 3.63) is 59.7 Å². The molecule has 2 aromatic carbocycles. The van der Waals surface area contributed by atoms with Crippen molar-refractivity contribution in [3.63, 3.8) is 0 Å². The Morgan fingerprint density at radius 2 is 1.75 bits per heavy atom. The van der Waals surface area contributed by atoms with Gasteiger partial charge in [0.1, 0.15) is 12.6 Å². The molecular weight excluding hydrogens is 374 g/mol. The van der Waals surface area contributed by atoms with Crippen molar-refractivity contribution in [2.24, 2.45) is 0 Å². The van der Waals surface area contributed by atoms with E-state index in [9.17, 15) is 9.59 Å². The lowest BCUT2D eigenvalue weighted by atomic mass is 9.98. The van der Waals surface area contributed by atoms with E-state index in [1.54, 1.807) is 6.19 Å². The molecule has 1 aliphatic rings. The number of rotatable bonds is 6. The summed E-state index contributed by atoms with van der Waals surface area (Å²) >= 11 is 1.41. The summed E-state index contributed by atoms with van der Waals surface area (Å²) < 4.78 is 5.47. The number of likely N-dealkylation sites (N-methyl/N-ethyl adjacent to an activating group) is 1. The number of nitrogens with one attached hydrogen (secondary N) is 1. The van der Waals surface area contributed by atoms with Crippen LogP contribution in [0.25, 0.3) is 11.1 Å². The third kappa shape index (κ3) is 3.97. The number of hydrogen-bond acceptors (Lipinski definition) is 5. The van der Waals surface area contributed by atoms with E-state index in [-0.39, 0.29) is 12.5 Å². The van der Waals surface area contributed by atoms with Crippen molar-refractivity contribution in [1.29, 1.82) is 5.26 Å². The number of benzene rings is 2. The van der Waals surface area contributed by atoms with Crippen LogP contribution in [0.4, 0.5) is 4.79 Å². The van der Waals surface area contributed by atoms with E-state index in [1.165, 1.54) is 18.8 Å². The number of thioether (sulfide) groups is 1. The minimum atomic E-state index is -0.810. The second-order valence-electron chi connectivity index (χ2n) is 6.48. The fraction of sp³-hybridized carbons (Fsp3) is 0.286. The van der Waals surface area contributed by atoms with Crippen LogP contribution in [0.15, 0.2) is 48.5 Å². The predicted molar refractivity (Wildman–Crippen MR) is 109 cm³/mol. The van der Waals surface area contributed by atoms with E-state index in [2.05, 4.69) is 17.4 Å². The zero-order chi connectivity index (χ0) is 20.1. The molecule has 0 spiro atoms. The van der Waals surface area contributed by atoms with Crippen LogP contribution >= 0.6 is 11.8 Å². The Balaban J connectivity index is 1.69. The lowest BCUT2D eigenvalue weighted by Crippen LogP contribution is -2.48. The van der Waals surface area contributed by atoms with Gasteiger partial charge in [-0.3, -0.25) is 9.69 Å². The molecule has 2 aromatic rings. The van der Waals surface area contributed by atoms with Gasteiger partial charge < -0.3 is 10.1 Å². The number of nitriles is 1. The molecule has 7 heteroatoms. The summed E-state index contributed by atoms with van der Waals surface area (Å²) in [7, 11) is 1.37. The molecule has 0 bridgehead atoms. The maximum Gasteiger partial charge on any atom is 0.407 e. The van der Waals surface area contributed by atoms with Gasteiger partial charge in [-0.25, -0.2) is 4.79 Å². The molecule has 0 heterocycles. The van der Waals surface area contributed by atoms with Crippen LogP contribution in [0.3, 0.4) is 0 Å². The summed E-state index contributed by atoms with van der Waals surface area (Å²) in [6.45, 7) is 0.175. The molecule has 0 fully saturated rings. The predicted octanol–water partition coefficient (Wildman–Crippen LogP) is 3.20. The topological polar surface area (TPSA) is 82.4 Å². The lowest BCUT2D eigenvalue weighted by molar-refractivity contribution is -0.128. The molecule has 144 valence electrons. The SMILES string of the molecule is CSCC(NC(=O)OCC1c2ccccc2-c2ccccc21)C(=O)N(C)C#N. The van der Waals surface area contributed by atoms with Crippen LogP contribution in [-0.2, 0) is 9.53 Å². The maximum atomic E-state index is 12.3. The van der Waals surface area contributed by atoms with Crippen molar-refractivity contribution >= 4 is 23.8 Å². The average Bonchev–Trinajstić information content (AvgIpc) is 3.04. The number of carbonyl (C=O) groups is 2. The Morgan fingerprint density at radius 1 is 1.18 bits per heavy atom. The van der Waals surface area contributed by atoms with Gasteiger partial charge in [0.2, 0.25) is 0 Å². The van der Waals surface area contributed by atoms with Crippen LogP contribution in [0.1, 0.15) is 17.0 Å². The smallest absolute Gasteiger partial charge is 0.407 e. The maximum absolute atomic E-state index is 12.3. The Morgan fingerprint density at radius 3 is 2.29 bits per heavy atom. The monoisotopic (exact) mass is 395 g/mol. The van der Waals surface area contributed by atoms with Gasteiger partial charge in [0.15, 0.2) is 6.19 Å². The first-order valence-corrected chi connectivity index (χ1v) is 10.2. The van der Waals surface area contributed by atoms with E-state index in [0.29, 0.717) is 5.75 Å². The second-order valence-corrected chi connectivity index (χ2v) is 7.39. The van der Waals surface area contributed by atoms with Gasteiger partial charge in [0.25, 0.3) is 5.91 Å². The fourth-order valence-electron chi connectivity index (χ4n) is 3.41. The number of fused-ring (bicyclic) bond motifs is 3. The molecule has 1 N–H and O–H groups in total. The van der Waals surface area contributed by atoms with E-state index in [0.717, 1.165) is 27.2 Å². The molecule has 0 aromatic heterocycles. The minimum Gasteiger partial charge on any atom is -0.449 e. The third-order valence-corrected chi connectivity index (χ3v) is 5.41. The van der Waals surface area contributed by atoms with Crippen molar-refractivity contribution in [3.8, 4) is 17.3 Å². The van der Waals surface area contributed by atoms with Crippen LogP contribution < -0.4 is 5.32 Å². The van der Waals surface area contributed by atoms with Crippen molar-refractivity contribution in [2.75, 3.05) is 25.7 Å². The van der Waals surface area contributed by atoms with E-state index < -0.39 is 18.0 Å². The summed E-state index contributed by atoms with van der Waals surface area (Å²) in [6, 6.07) is 15.4. The Labute approximate surface area is 168 Å². The number of alkyl carbamates (subject to hydrolysis) is 1. The second kappa shape index (κ2) is 8.81. The first-order valence-electron chi connectivity index (χ1n) is 8.84. The highest BCUT2D eigenvalue weighted by molar-refractivity contribution is 7.98. The standard InChI is InChI=1S/C21H21N3O3S/c1-24(13-22)20(25)19(12-28-2)23-21(26)27-11-18-16-9-5-3-7-14(16)15-8-4-6-10-17(15)18/h3-10,18-19H,11-12H2,1-2H3,(H,23,26). The van der Waals surface area contributed by atoms with Crippen molar-refractivity contribution in [1.82, 2.24) is 10.2 Å². The molecule has 1 atom stereocenters. The number of nitrogens with zero attached hydrogens (tertiary/aromatic N) is 2. The van der Waals surface area contributed by atoms with E-state index in [1.807, 2.05) is 42.7 Å². The van der Waals surface area contributed by atoms with Crippen LogP contribution in [-0.4, -0.2) is 48.6 Å². The summed E-state index contributed by atoms with van der Waals surface area (Å²) in [6.07, 6.45) is 2.92. The minimum absolute atomic E-state index is 0.0466. The molecule has 3 rings (SSSR count).